The minimum atomic E-state index is 0.809. The quantitative estimate of drug-likeness (QED) is 0.550. The highest BCUT2D eigenvalue weighted by atomic mass is 16.5. The van der Waals surface area contributed by atoms with Crippen molar-refractivity contribution in [2.75, 3.05) is 43.1 Å². The lowest BCUT2D eigenvalue weighted by Gasteiger charge is -2.37. The van der Waals surface area contributed by atoms with Gasteiger partial charge in [-0.25, -0.2) is 4.98 Å². The Balaban J connectivity index is 1.47. The molecule has 1 saturated heterocycles. The Morgan fingerprint density at radius 2 is 1.75 bits per heavy atom. The number of aryl methyl sites for hydroxylation is 1. The van der Waals surface area contributed by atoms with Gasteiger partial charge in [-0.05, 0) is 36.8 Å². The second-order valence-electron chi connectivity index (χ2n) is 7.10. The van der Waals surface area contributed by atoms with Gasteiger partial charge < -0.3 is 14.5 Å². The van der Waals surface area contributed by atoms with Gasteiger partial charge in [0.2, 0.25) is 5.65 Å². The third-order valence-electron chi connectivity index (χ3n) is 5.37. The molecule has 1 aliphatic rings. The number of rotatable bonds is 3. The topological polar surface area (TPSA) is 58.8 Å². The molecule has 0 aliphatic carbocycles. The van der Waals surface area contributed by atoms with Gasteiger partial charge in [0, 0.05) is 26.2 Å². The third-order valence-corrected chi connectivity index (χ3v) is 5.37. The molecule has 28 heavy (non-hydrogen) atoms. The average molecular weight is 374 g/mol. The van der Waals surface area contributed by atoms with E-state index in [9.17, 15) is 0 Å². The highest BCUT2D eigenvalue weighted by Gasteiger charge is 2.23. The molecule has 0 spiro atoms. The maximum Gasteiger partial charge on any atom is 0.204 e. The van der Waals surface area contributed by atoms with Crippen LogP contribution in [0.2, 0.25) is 0 Å². The number of para-hydroxylation sites is 2. The normalized spacial score (nSPS) is 14.8. The number of methoxy groups -OCH3 is 1. The van der Waals surface area contributed by atoms with Gasteiger partial charge in [0.15, 0.2) is 5.82 Å². The summed E-state index contributed by atoms with van der Waals surface area (Å²) in [7, 11) is 1.72. The average Bonchev–Trinajstić information content (AvgIpc) is 3.24. The minimum Gasteiger partial charge on any atom is -0.495 e. The zero-order valence-corrected chi connectivity index (χ0v) is 16.0. The van der Waals surface area contributed by atoms with Gasteiger partial charge in [-0.1, -0.05) is 18.2 Å². The van der Waals surface area contributed by atoms with Crippen LogP contribution in [0, 0.1) is 6.92 Å². The van der Waals surface area contributed by atoms with Crippen molar-refractivity contribution in [3.8, 4) is 5.75 Å². The number of benzene rings is 2. The zero-order valence-electron chi connectivity index (χ0n) is 16.0. The Bertz CT molecular complexity index is 1150. The molecule has 0 bridgehead atoms. The van der Waals surface area contributed by atoms with E-state index in [1.165, 1.54) is 5.56 Å². The monoisotopic (exact) mass is 374 g/mol. The molecule has 3 heterocycles. The summed E-state index contributed by atoms with van der Waals surface area (Å²) in [5.41, 5.74) is 5.14. The van der Waals surface area contributed by atoms with Crippen LogP contribution < -0.4 is 14.5 Å². The smallest absolute Gasteiger partial charge is 0.204 e. The van der Waals surface area contributed by atoms with Gasteiger partial charge in [0.25, 0.3) is 0 Å². The molecular formula is C21H22N6O. The fourth-order valence-electron chi connectivity index (χ4n) is 3.91. The Hall–Kier alpha value is -3.35. The van der Waals surface area contributed by atoms with Gasteiger partial charge in [0.1, 0.15) is 12.1 Å². The minimum absolute atomic E-state index is 0.809. The van der Waals surface area contributed by atoms with Crippen LogP contribution in [0.25, 0.3) is 16.7 Å². The van der Waals surface area contributed by atoms with E-state index in [0.29, 0.717) is 0 Å². The number of piperazine rings is 1. The maximum absolute atomic E-state index is 5.53. The fourth-order valence-corrected chi connectivity index (χ4v) is 3.91. The Kier molecular flexibility index (Phi) is 4.00. The van der Waals surface area contributed by atoms with Crippen molar-refractivity contribution in [3.05, 3.63) is 54.4 Å². The van der Waals surface area contributed by atoms with Crippen LogP contribution >= 0.6 is 0 Å². The molecule has 5 rings (SSSR count). The summed E-state index contributed by atoms with van der Waals surface area (Å²) in [6.45, 7) is 5.61. The van der Waals surface area contributed by atoms with Gasteiger partial charge in [0.05, 0.1) is 23.8 Å². The van der Waals surface area contributed by atoms with Crippen molar-refractivity contribution in [2.24, 2.45) is 0 Å². The molecular weight excluding hydrogens is 352 g/mol. The molecule has 1 fully saturated rings. The Morgan fingerprint density at radius 3 is 2.57 bits per heavy atom. The number of ether oxygens (including phenoxy) is 1. The first-order valence-corrected chi connectivity index (χ1v) is 9.47. The summed E-state index contributed by atoms with van der Waals surface area (Å²) in [5.74, 6) is 1.81. The second-order valence-corrected chi connectivity index (χ2v) is 7.10. The van der Waals surface area contributed by atoms with E-state index in [1.807, 2.05) is 16.5 Å². The molecule has 0 saturated carbocycles. The number of nitrogens with zero attached hydrogens (tertiary/aromatic N) is 6. The molecule has 7 heteroatoms. The van der Waals surface area contributed by atoms with E-state index < -0.39 is 0 Å². The third kappa shape index (κ3) is 2.70. The molecule has 1 aliphatic heterocycles. The van der Waals surface area contributed by atoms with Crippen LogP contribution in [0.1, 0.15) is 5.56 Å². The molecule has 2 aromatic heterocycles. The first-order chi connectivity index (χ1) is 13.7. The summed E-state index contributed by atoms with van der Waals surface area (Å²) in [6.07, 6.45) is 1.77. The molecule has 0 N–H and O–H groups in total. The van der Waals surface area contributed by atoms with Gasteiger partial charge in [-0.3, -0.25) is 4.40 Å². The molecule has 142 valence electrons. The lowest BCUT2D eigenvalue weighted by atomic mass is 10.2. The first-order valence-electron chi connectivity index (χ1n) is 9.47. The van der Waals surface area contributed by atoms with Gasteiger partial charge >= 0.3 is 0 Å². The molecule has 0 radical (unpaired) electrons. The van der Waals surface area contributed by atoms with Crippen LogP contribution in [0.15, 0.2) is 48.8 Å². The van der Waals surface area contributed by atoms with Crippen LogP contribution in [0.4, 0.5) is 11.5 Å². The van der Waals surface area contributed by atoms with Crippen LogP contribution in [-0.4, -0.2) is 52.9 Å². The van der Waals surface area contributed by atoms with Crippen LogP contribution in [-0.2, 0) is 0 Å². The number of aromatic nitrogens is 4. The molecule has 0 atom stereocenters. The standard InChI is InChI=1S/C21H22N6O/c1-15-7-8-16-18(13-15)27-14-22-24-21(27)20(23-16)26-11-9-25(10-12-26)17-5-3-4-6-19(17)28-2/h3-8,13-14H,9-12H2,1-2H3. The van der Waals surface area contributed by atoms with E-state index >= 15 is 0 Å². The van der Waals surface area contributed by atoms with E-state index in [0.717, 1.165) is 60.1 Å². The summed E-state index contributed by atoms with van der Waals surface area (Å²) < 4.78 is 7.56. The predicted molar refractivity (Wildman–Crippen MR) is 110 cm³/mol. The van der Waals surface area contributed by atoms with E-state index in [2.05, 4.69) is 57.3 Å². The van der Waals surface area contributed by atoms with Gasteiger partial charge in [-0.15, -0.1) is 10.2 Å². The number of hydrogen-bond donors (Lipinski definition) is 0. The Morgan fingerprint density at radius 1 is 0.964 bits per heavy atom. The SMILES string of the molecule is COc1ccccc1N1CCN(c2nc3ccc(C)cc3n3cnnc23)CC1. The zero-order chi connectivity index (χ0) is 19.1. The van der Waals surface area contributed by atoms with Gasteiger partial charge in [-0.2, -0.15) is 0 Å². The highest BCUT2D eigenvalue weighted by molar-refractivity contribution is 5.83. The summed E-state index contributed by atoms with van der Waals surface area (Å²) in [6, 6.07) is 14.5. The van der Waals surface area contributed by atoms with Crippen molar-refractivity contribution in [1.29, 1.82) is 0 Å². The lowest BCUT2D eigenvalue weighted by molar-refractivity contribution is 0.413. The molecule has 2 aromatic carbocycles. The van der Waals surface area contributed by atoms with E-state index in [-0.39, 0.29) is 0 Å². The number of anilines is 2. The van der Waals surface area contributed by atoms with Crippen LogP contribution in [0.5, 0.6) is 5.75 Å². The van der Waals surface area contributed by atoms with Crippen molar-refractivity contribution < 1.29 is 4.74 Å². The predicted octanol–water partition coefficient (Wildman–Crippen LogP) is 2.92. The second kappa shape index (κ2) is 6.67. The number of hydrogen-bond acceptors (Lipinski definition) is 6. The molecule has 0 amide bonds. The summed E-state index contributed by atoms with van der Waals surface area (Å²) in [4.78, 5) is 9.59. The summed E-state index contributed by atoms with van der Waals surface area (Å²) >= 11 is 0. The van der Waals surface area contributed by atoms with Crippen molar-refractivity contribution in [1.82, 2.24) is 19.6 Å². The van der Waals surface area contributed by atoms with E-state index in [4.69, 9.17) is 9.72 Å². The Labute approximate surface area is 163 Å². The fraction of sp³-hybridized carbons (Fsp3) is 0.286. The molecule has 4 aromatic rings. The maximum atomic E-state index is 5.53. The van der Waals surface area contributed by atoms with Crippen molar-refractivity contribution in [3.63, 3.8) is 0 Å². The largest absolute Gasteiger partial charge is 0.495 e. The molecule has 7 nitrogen and oxygen atoms in total. The van der Waals surface area contributed by atoms with E-state index in [1.54, 1.807) is 13.4 Å². The number of fused-ring (bicyclic) bond motifs is 3. The molecule has 0 unspecified atom stereocenters. The lowest BCUT2D eigenvalue weighted by Crippen LogP contribution is -2.47. The van der Waals surface area contributed by atoms with Crippen molar-refractivity contribution in [2.45, 2.75) is 6.92 Å². The summed E-state index contributed by atoms with van der Waals surface area (Å²) in [5, 5.41) is 8.49. The van der Waals surface area contributed by atoms with Crippen molar-refractivity contribution >= 4 is 28.2 Å². The highest BCUT2D eigenvalue weighted by Crippen LogP contribution is 2.30. The first kappa shape index (κ1) is 16.8. The van der Waals surface area contributed by atoms with Crippen LogP contribution in [0.3, 0.4) is 0 Å².